The van der Waals surface area contributed by atoms with Gasteiger partial charge in [0.15, 0.2) is 0 Å². The van der Waals surface area contributed by atoms with Gasteiger partial charge in [0.25, 0.3) is 0 Å². The minimum Gasteiger partial charge on any atom is -0.394 e. The summed E-state index contributed by atoms with van der Waals surface area (Å²) in [5.41, 5.74) is -0.0278. The number of nitrogens with zero attached hydrogens (tertiary/aromatic N) is 1. The molecule has 0 amide bonds. The Hall–Kier alpha value is -0.0800. The van der Waals surface area contributed by atoms with Gasteiger partial charge >= 0.3 is 0 Å². The molecule has 9 heavy (non-hydrogen) atoms. The fourth-order valence-electron chi connectivity index (χ4n) is 0.569. The molecule has 0 aliphatic rings. The quantitative estimate of drug-likeness (QED) is 0.609. The molecule has 1 atom stereocenters. The summed E-state index contributed by atoms with van der Waals surface area (Å²) < 4.78 is 0. The molecule has 0 aliphatic heterocycles. The van der Waals surface area contributed by atoms with Crippen molar-refractivity contribution in [1.82, 2.24) is 4.90 Å². The van der Waals surface area contributed by atoms with Crippen LogP contribution in [-0.2, 0) is 0 Å². The fraction of sp³-hybridized carbons (Fsp3) is 1.00. The van der Waals surface area contributed by atoms with Gasteiger partial charge < -0.3 is 10.0 Å². The minimum atomic E-state index is -0.0278. The van der Waals surface area contributed by atoms with Crippen molar-refractivity contribution in [2.24, 2.45) is 0 Å². The second-order valence-electron chi connectivity index (χ2n) is 2.90. The molecule has 0 radical (unpaired) electrons. The standard InChI is InChI=1S/C7H17NO/c1-5-7(2,6-9)8(3)4/h9H,5-6H2,1-4H3/t7-/m0/s1. The third kappa shape index (κ3) is 1.95. The molecule has 0 unspecified atom stereocenters. The Labute approximate surface area is 57.5 Å². The summed E-state index contributed by atoms with van der Waals surface area (Å²) in [5, 5.41) is 8.91. The van der Waals surface area contributed by atoms with Gasteiger partial charge in [-0.05, 0) is 27.4 Å². The van der Waals surface area contributed by atoms with E-state index < -0.39 is 0 Å². The van der Waals surface area contributed by atoms with Gasteiger partial charge in [0, 0.05) is 5.54 Å². The number of likely N-dealkylation sites (N-methyl/N-ethyl adjacent to an activating group) is 1. The molecule has 0 spiro atoms. The molecule has 0 rings (SSSR count). The Morgan fingerprint density at radius 1 is 1.44 bits per heavy atom. The molecule has 0 heterocycles. The van der Waals surface area contributed by atoms with E-state index in [1.165, 1.54) is 0 Å². The zero-order valence-electron chi connectivity index (χ0n) is 6.81. The van der Waals surface area contributed by atoms with Crippen LogP contribution in [0.2, 0.25) is 0 Å². The Bertz CT molecular complexity index is 77.0. The van der Waals surface area contributed by atoms with E-state index in [0.29, 0.717) is 0 Å². The summed E-state index contributed by atoms with van der Waals surface area (Å²) in [6.07, 6.45) is 0.983. The van der Waals surface area contributed by atoms with Crippen LogP contribution in [0.5, 0.6) is 0 Å². The first-order valence-electron chi connectivity index (χ1n) is 3.35. The Balaban J connectivity index is 3.92. The van der Waals surface area contributed by atoms with Gasteiger partial charge in [-0.15, -0.1) is 0 Å². The number of aliphatic hydroxyl groups is 1. The molecular formula is C7H17NO. The first kappa shape index (κ1) is 8.92. The van der Waals surface area contributed by atoms with E-state index in [9.17, 15) is 0 Å². The summed E-state index contributed by atoms with van der Waals surface area (Å²) >= 11 is 0. The van der Waals surface area contributed by atoms with Gasteiger partial charge in [-0.2, -0.15) is 0 Å². The van der Waals surface area contributed by atoms with Crippen molar-refractivity contribution in [3.8, 4) is 0 Å². The molecule has 56 valence electrons. The molecule has 0 aromatic rings. The molecule has 2 nitrogen and oxygen atoms in total. The van der Waals surface area contributed by atoms with Crippen molar-refractivity contribution < 1.29 is 5.11 Å². The average Bonchev–Trinajstić information content (AvgIpc) is 1.86. The van der Waals surface area contributed by atoms with Crippen molar-refractivity contribution >= 4 is 0 Å². The first-order valence-corrected chi connectivity index (χ1v) is 3.35. The van der Waals surface area contributed by atoms with E-state index >= 15 is 0 Å². The van der Waals surface area contributed by atoms with E-state index in [4.69, 9.17) is 5.11 Å². The average molecular weight is 131 g/mol. The Kier molecular flexibility index (Phi) is 3.15. The van der Waals surface area contributed by atoms with Gasteiger partial charge in [-0.1, -0.05) is 6.92 Å². The minimum absolute atomic E-state index is 0.0278. The van der Waals surface area contributed by atoms with Crippen LogP contribution in [0.25, 0.3) is 0 Å². The molecule has 0 saturated heterocycles. The molecular weight excluding hydrogens is 114 g/mol. The lowest BCUT2D eigenvalue weighted by Crippen LogP contribution is -2.43. The summed E-state index contributed by atoms with van der Waals surface area (Å²) in [5.74, 6) is 0. The molecule has 0 aromatic heterocycles. The fourth-order valence-corrected chi connectivity index (χ4v) is 0.569. The van der Waals surface area contributed by atoms with E-state index in [0.717, 1.165) is 6.42 Å². The second kappa shape index (κ2) is 3.18. The Morgan fingerprint density at radius 2 is 1.89 bits per heavy atom. The van der Waals surface area contributed by atoms with E-state index in [1.807, 2.05) is 25.9 Å². The number of aliphatic hydroxyl groups excluding tert-OH is 1. The SMILES string of the molecule is CC[C@@](C)(CO)N(C)C. The Morgan fingerprint density at radius 3 is 1.89 bits per heavy atom. The van der Waals surface area contributed by atoms with Gasteiger partial charge in [0.2, 0.25) is 0 Å². The summed E-state index contributed by atoms with van der Waals surface area (Å²) in [6, 6.07) is 0. The van der Waals surface area contributed by atoms with Crippen molar-refractivity contribution in [1.29, 1.82) is 0 Å². The first-order chi connectivity index (χ1) is 4.06. The predicted molar refractivity (Wildman–Crippen MR) is 39.5 cm³/mol. The largest absolute Gasteiger partial charge is 0.394 e. The van der Waals surface area contributed by atoms with Crippen molar-refractivity contribution in [3.63, 3.8) is 0 Å². The van der Waals surface area contributed by atoms with Crippen molar-refractivity contribution in [2.45, 2.75) is 25.8 Å². The van der Waals surface area contributed by atoms with Crippen LogP contribution in [-0.4, -0.2) is 36.2 Å². The highest BCUT2D eigenvalue weighted by Crippen LogP contribution is 2.13. The van der Waals surface area contributed by atoms with Gasteiger partial charge in [-0.25, -0.2) is 0 Å². The third-order valence-electron chi connectivity index (χ3n) is 2.18. The maximum atomic E-state index is 8.91. The topological polar surface area (TPSA) is 23.5 Å². The van der Waals surface area contributed by atoms with Crippen molar-refractivity contribution in [3.05, 3.63) is 0 Å². The zero-order valence-corrected chi connectivity index (χ0v) is 6.81. The van der Waals surface area contributed by atoms with Gasteiger partial charge in [0.05, 0.1) is 6.61 Å². The van der Waals surface area contributed by atoms with E-state index in [1.54, 1.807) is 0 Å². The molecule has 2 heteroatoms. The lowest BCUT2D eigenvalue weighted by Gasteiger charge is -2.33. The lowest BCUT2D eigenvalue weighted by molar-refractivity contribution is 0.0807. The number of hydrogen-bond donors (Lipinski definition) is 1. The normalized spacial score (nSPS) is 18.0. The van der Waals surface area contributed by atoms with Crippen molar-refractivity contribution in [2.75, 3.05) is 20.7 Å². The highest BCUT2D eigenvalue weighted by molar-refractivity contribution is 4.79. The van der Waals surface area contributed by atoms with Crippen LogP contribution in [0, 0.1) is 0 Å². The third-order valence-corrected chi connectivity index (χ3v) is 2.18. The highest BCUT2D eigenvalue weighted by Gasteiger charge is 2.22. The van der Waals surface area contributed by atoms with E-state index in [-0.39, 0.29) is 12.1 Å². The number of rotatable bonds is 3. The molecule has 1 N–H and O–H groups in total. The molecule has 0 fully saturated rings. The predicted octanol–water partition coefficient (Wildman–Crippen LogP) is 0.709. The molecule has 0 aromatic carbocycles. The summed E-state index contributed by atoms with van der Waals surface area (Å²) in [6.45, 7) is 4.36. The zero-order chi connectivity index (χ0) is 7.49. The van der Waals surface area contributed by atoms with Crippen LogP contribution in [0.4, 0.5) is 0 Å². The van der Waals surface area contributed by atoms with Crippen LogP contribution in [0.1, 0.15) is 20.3 Å². The molecule has 0 saturated carbocycles. The van der Waals surface area contributed by atoms with E-state index in [2.05, 4.69) is 6.92 Å². The van der Waals surface area contributed by atoms with Crippen LogP contribution >= 0.6 is 0 Å². The van der Waals surface area contributed by atoms with Crippen LogP contribution < -0.4 is 0 Å². The molecule has 0 aliphatic carbocycles. The highest BCUT2D eigenvalue weighted by atomic mass is 16.3. The number of hydrogen-bond acceptors (Lipinski definition) is 2. The van der Waals surface area contributed by atoms with Crippen LogP contribution in [0.3, 0.4) is 0 Å². The van der Waals surface area contributed by atoms with Gasteiger partial charge in [0.1, 0.15) is 0 Å². The monoisotopic (exact) mass is 131 g/mol. The molecule has 0 bridgehead atoms. The maximum absolute atomic E-state index is 8.91. The van der Waals surface area contributed by atoms with Crippen LogP contribution in [0.15, 0.2) is 0 Å². The second-order valence-corrected chi connectivity index (χ2v) is 2.90. The lowest BCUT2D eigenvalue weighted by atomic mass is 9.99. The maximum Gasteiger partial charge on any atom is 0.0612 e. The summed E-state index contributed by atoms with van der Waals surface area (Å²) in [7, 11) is 3.97. The van der Waals surface area contributed by atoms with Gasteiger partial charge in [-0.3, -0.25) is 0 Å². The smallest absolute Gasteiger partial charge is 0.0612 e. The summed E-state index contributed by atoms with van der Waals surface area (Å²) in [4.78, 5) is 2.05.